The summed E-state index contributed by atoms with van der Waals surface area (Å²) < 4.78 is 6.89. The summed E-state index contributed by atoms with van der Waals surface area (Å²) in [7, 11) is 1.64. The summed E-state index contributed by atoms with van der Waals surface area (Å²) in [6.45, 7) is 0.465. The van der Waals surface area contributed by atoms with Gasteiger partial charge >= 0.3 is 0 Å². The van der Waals surface area contributed by atoms with Crippen LogP contribution in [0.4, 0.5) is 0 Å². The van der Waals surface area contributed by atoms with E-state index >= 15 is 0 Å². The lowest BCUT2D eigenvalue weighted by Gasteiger charge is -2.11. The van der Waals surface area contributed by atoms with E-state index in [1.807, 2.05) is 72.8 Å². The highest BCUT2D eigenvalue weighted by Gasteiger charge is 2.11. The predicted octanol–water partition coefficient (Wildman–Crippen LogP) is 4.86. The van der Waals surface area contributed by atoms with Gasteiger partial charge < -0.3 is 4.74 Å². The van der Waals surface area contributed by atoms with Gasteiger partial charge in [0.25, 0.3) is 5.56 Å². The first kappa shape index (κ1) is 19.0. The normalized spacial score (nSPS) is 11.1. The Balaban J connectivity index is 1.52. The number of para-hydroxylation sites is 1. The number of benzene rings is 3. The van der Waals surface area contributed by atoms with Crippen molar-refractivity contribution in [2.75, 3.05) is 7.11 Å². The summed E-state index contributed by atoms with van der Waals surface area (Å²) in [5.74, 6) is 0.756. The van der Waals surface area contributed by atoms with E-state index < -0.39 is 0 Å². The van der Waals surface area contributed by atoms with Crippen LogP contribution in [0.5, 0.6) is 5.75 Å². The third-order valence-electron chi connectivity index (χ3n) is 5.50. The molecule has 0 amide bonds. The maximum atomic E-state index is 13.4. The third kappa shape index (κ3) is 3.66. The molecule has 0 N–H and O–H groups in total. The van der Waals surface area contributed by atoms with Crippen LogP contribution in [0.25, 0.3) is 32.8 Å². The molecule has 152 valence electrons. The van der Waals surface area contributed by atoms with Crippen molar-refractivity contribution in [1.29, 1.82) is 0 Å². The van der Waals surface area contributed by atoms with E-state index in [2.05, 4.69) is 11.2 Å². The molecule has 31 heavy (non-hydrogen) atoms. The molecule has 0 fully saturated rings. The van der Waals surface area contributed by atoms with Crippen molar-refractivity contribution in [3.8, 4) is 16.9 Å². The van der Waals surface area contributed by atoms with Gasteiger partial charge in [-0.15, -0.1) is 0 Å². The Labute approximate surface area is 179 Å². The Hall–Kier alpha value is -3.99. The fraction of sp³-hybridized carbons (Fsp3) is 0.115. The van der Waals surface area contributed by atoms with Crippen LogP contribution in [-0.4, -0.2) is 21.9 Å². The molecule has 0 saturated carbocycles. The highest BCUT2D eigenvalue weighted by atomic mass is 16.5. The Morgan fingerprint density at radius 1 is 0.903 bits per heavy atom. The molecule has 2 heterocycles. The zero-order chi connectivity index (χ0) is 21.2. The first-order valence-corrected chi connectivity index (χ1v) is 10.2. The van der Waals surface area contributed by atoms with Gasteiger partial charge in [-0.1, -0.05) is 54.6 Å². The van der Waals surface area contributed by atoms with Crippen molar-refractivity contribution in [1.82, 2.24) is 14.8 Å². The molecule has 0 spiro atoms. The van der Waals surface area contributed by atoms with Crippen LogP contribution in [0.2, 0.25) is 0 Å². The monoisotopic (exact) mass is 407 g/mol. The molecule has 0 aliphatic carbocycles. The second kappa shape index (κ2) is 8.03. The molecular weight excluding hydrogens is 386 g/mol. The summed E-state index contributed by atoms with van der Waals surface area (Å²) in [4.78, 5) is 18.1. The molecule has 5 heteroatoms. The minimum atomic E-state index is -0.100. The molecule has 0 aliphatic heterocycles. The zero-order valence-corrected chi connectivity index (χ0v) is 17.2. The molecule has 5 aromatic rings. The molecule has 3 aromatic carbocycles. The molecule has 0 bridgehead atoms. The summed E-state index contributed by atoms with van der Waals surface area (Å²) in [5.41, 5.74) is 3.61. The van der Waals surface area contributed by atoms with Crippen LogP contribution in [0, 0.1) is 0 Å². The van der Waals surface area contributed by atoms with Gasteiger partial charge in [-0.25, -0.2) is 4.68 Å². The van der Waals surface area contributed by atoms with E-state index in [-0.39, 0.29) is 5.56 Å². The van der Waals surface area contributed by atoms with E-state index in [4.69, 9.17) is 9.72 Å². The number of fused-ring (bicyclic) bond motifs is 2. The highest BCUT2D eigenvalue weighted by Crippen LogP contribution is 2.28. The number of rotatable bonds is 5. The second-order valence-electron chi connectivity index (χ2n) is 7.42. The lowest BCUT2D eigenvalue weighted by molar-refractivity contribution is 0.415. The van der Waals surface area contributed by atoms with Gasteiger partial charge in [-0.05, 0) is 35.4 Å². The number of hydrogen-bond donors (Lipinski definition) is 0. The maximum Gasteiger partial charge on any atom is 0.275 e. The Kier molecular flexibility index (Phi) is 4.92. The van der Waals surface area contributed by atoms with E-state index in [9.17, 15) is 4.79 Å². The van der Waals surface area contributed by atoms with Gasteiger partial charge in [0.15, 0.2) is 0 Å². The van der Waals surface area contributed by atoms with Gasteiger partial charge in [0.05, 0.1) is 30.8 Å². The van der Waals surface area contributed by atoms with E-state index in [0.29, 0.717) is 18.4 Å². The standard InChI is InChI=1S/C26H21N3O2/c1-31-22-9-4-7-19(16-22)23-10-5-8-20-17-27-29(26(30)25(20)23)15-14-21-13-12-18-6-2-3-11-24(18)28-21/h2-13,16-17H,14-15H2,1H3. The van der Waals surface area contributed by atoms with Crippen LogP contribution in [0.3, 0.4) is 0 Å². The van der Waals surface area contributed by atoms with E-state index in [0.717, 1.165) is 38.9 Å². The van der Waals surface area contributed by atoms with Crippen LogP contribution < -0.4 is 10.3 Å². The lowest BCUT2D eigenvalue weighted by atomic mass is 10.00. The second-order valence-corrected chi connectivity index (χ2v) is 7.42. The topological polar surface area (TPSA) is 57.0 Å². The van der Waals surface area contributed by atoms with Gasteiger partial charge in [-0.2, -0.15) is 5.10 Å². The van der Waals surface area contributed by atoms with Gasteiger partial charge in [0.2, 0.25) is 0 Å². The van der Waals surface area contributed by atoms with Crippen molar-refractivity contribution in [3.05, 3.63) is 101 Å². The minimum Gasteiger partial charge on any atom is -0.497 e. The van der Waals surface area contributed by atoms with Crippen molar-refractivity contribution >= 4 is 21.7 Å². The summed E-state index contributed by atoms with van der Waals surface area (Å²) in [6, 6.07) is 25.7. The molecule has 0 atom stereocenters. The number of hydrogen-bond acceptors (Lipinski definition) is 4. The Morgan fingerprint density at radius 3 is 2.65 bits per heavy atom. The number of aromatic nitrogens is 3. The van der Waals surface area contributed by atoms with Crippen LogP contribution >= 0.6 is 0 Å². The molecule has 5 nitrogen and oxygen atoms in total. The molecule has 0 saturated heterocycles. The number of ether oxygens (including phenoxy) is 1. The quantitative estimate of drug-likeness (QED) is 0.417. The molecule has 5 rings (SSSR count). The first-order chi connectivity index (χ1) is 15.2. The predicted molar refractivity (Wildman–Crippen MR) is 123 cm³/mol. The van der Waals surface area contributed by atoms with E-state index in [1.54, 1.807) is 13.3 Å². The SMILES string of the molecule is COc1cccc(-c2cccc3cnn(CCc4ccc5ccccc5n4)c(=O)c23)c1. The Bertz CT molecular complexity index is 1460. The molecular formula is C26H21N3O2. The zero-order valence-electron chi connectivity index (χ0n) is 17.2. The Morgan fingerprint density at radius 2 is 1.74 bits per heavy atom. The van der Waals surface area contributed by atoms with Gasteiger partial charge in [-0.3, -0.25) is 9.78 Å². The van der Waals surface area contributed by atoms with Gasteiger partial charge in [0.1, 0.15) is 5.75 Å². The third-order valence-corrected chi connectivity index (χ3v) is 5.50. The lowest BCUT2D eigenvalue weighted by Crippen LogP contribution is -2.24. The average Bonchev–Trinajstić information content (AvgIpc) is 2.83. The molecule has 2 aromatic heterocycles. The average molecular weight is 407 g/mol. The number of aryl methyl sites for hydroxylation is 2. The molecule has 0 radical (unpaired) electrons. The summed E-state index contributed by atoms with van der Waals surface area (Å²) in [6.07, 6.45) is 2.39. The highest BCUT2D eigenvalue weighted by molar-refractivity contribution is 5.95. The maximum absolute atomic E-state index is 13.4. The number of pyridine rings is 1. The summed E-state index contributed by atoms with van der Waals surface area (Å²) >= 11 is 0. The van der Waals surface area contributed by atoms with Gasteiger partial charge in [0, 0.05) is 22.9 Å². The number of methoxy groups -OCH3 is 1. The van der Waals surface area contributed by atoms with Crippen molar-refractivity contribution in [2.45, 2.75) is 13.0 Å². The fourth-order valence-corrected chi connectivity index (χ4v) is 3.89. The minimum absolute atomic E-state index is 0.100. The smallest absolute Gasteiger partial charge is 0.275 e. The van der Waals surface area contributed by atoms with Crippen molar-refractivity contribution in [2.24, 2.45) is 0 Å². The summed E-state index contributed by atoms with van der Waals surface area (Å²) in [5, 5.41) is 7.00. The van der Waals surface area contributed by atoms with Crippen LogP contribution in [-0.2, 0) is 13.0 Å². The van der Waals surface area contributed by atoms with Crippen LogP contribution in [0.15, 0.2) is 89.9 Å². The van der Waals surface area contributed by atoms with Crippen molar-refractivity contribution < 1.29 is 4.74 Å². The van der Waals surface area contributed by atoms with Crippen LogP contribution in [0.1, 0.15) is 5.69 Å². The van der Waals surface area contributed by atoms with E-state index in [1.165, 1.54) is 4.68 Å². The molecule has 0 unspecified atom stereocenters. The first-order valence-electron chi connectivity index (χ1n) is 10.2. The fourth-order valence-electron chi connectivity index (χ4n) is 3.89. The molecule has 0 aliphatic rings. The largest absolute Gasteiger partial charge is 0.497 e. The van der Waals surface area contributed by atoms with Crippen molar-refractivity contribution in [3.63, 3.8) is 0 Å². The number of nitrogens with zero attached hydrogens (tertiary/aromatic N) is 3.